The highest BCUT2D eigenvalue weighted by Crippen LogP contribution is 2.32. The van der Waals surface area contributed by atoms with Crippen molar-refractivity contribution in [2.45, 2.75) is 13.8 Å². The lowest BCUT2D eigenvalue weighted by Gasteiger charge is -2.24. The van der Waals surface area contributed by atoms with Gasteiger partial charge in [0.2, 0.25) is 20.2 Å². The Bertz CT molecular complexity index is 1400. The average Bonchev–Trinajstić information content (AvgIpc) is 3.30. The number of aliphatic imine (C=N–C) groups is 1. The molecule has 2 aliphatic heterocycles. The number of rotatable bonds is 9. The summed E-state index contributed by atoms with van der Waals surface area (Å²) >= 11 is 0.769. The lowest BCUT2D eigenvalue weighted by Crippen LogP contribution is -2.46. The molecule has 0 saturated heterocycles. The molecule has 2 heterocycles. The second-order valence-corrected chi connectivity index (χ2v) is 11.2. The molecule has 12 heteroatoms. The number of sulfone groups is 1. The van der Waals surface area contributed by atoms with E-state index < -0.39 is 15.7 Å². The molecule has 0 unspecified atom stereocenters. The minimum Gasteiger partial charge on any atom is -0.493 e. The largest absolute Gasteiger partial charge is 0.493 e. The fraction of sp³-hybridized carbons (Fsp3) is 0.280. The summed E-state index contributed by atoms with van der Waals surface area (Å²) in [5, 5.41) is 8.36. The van der Waals surface area contributed by atoms with E-state index in [4.69, 9.17) is 19.6 Å². The summed E-state index contributed by atoms with van der Waals surface area (Å²) in [6.07, 6.45) is 1.46. The molecule has 0 aliphatic carbocycles. The molecule has 0 saturated carbocycles. The van der Waals surface area contributed by atoms with Gasteiger partial charge in [-0.1, -0.05) is 38.1 Å². The van der Waals surface area contributed by atoms with Gasteiger partial charge in [0.05, 0.1) is 30.4 Å². The number of hydrogen-bond acceptors (Lipinski definition) is 9. The van der Waals surface area contributed by atoms with Gasteiger partial charge in [-0.3, -0.25) is 10.2 Å². The molecule has 2 aliphatic rings. The highest BCUT2D eigenvalue weighted by Gasteiger charge is 2.42. The Morgan fingerprint density at radius 3 is 2.51 bits per heavy atom. The van der Waals surface area contributed by atoms with Gasteiger partial charge in [-0.15, -0.1) is 0 Å². The van der Waals surface area contributed by atoms with Gasteiger partial charge in [0.1, 0.15) is 24.8 Å². The smallest absolute Gasteiger partial charge is 0.283 e. The van der Waals surface area contributed by atoms with Crippen molar-refractivity contribution < 1.29 is 27.4 Å². The van der Waals surface area contributed by atoms with Crippen LogP contribution in [0, 0.1) is 11.3 Å². The van der Waals surface area contributed by atoms with Gasteiger partial charge in [-0.25, -0.2) is 13.3 Å². The van der Waals surface area contributed by atoms with Gasteiger partial charge in [0.25, 0.3) is 5.91 Å². The minimum absolute atomic E-state index is 0.0496. The molecule has 0 bridgehead atoms. The van der Waals surface area contributed by atoms with Crippen molar-refractivity contribution in [3.63, 3.8) is 0 Å². The monoisotopic (exact) mass is 542 g/mol. The number of amides is 1. The first-order chi connectivity index (χ1) is 17.7. The number of nitrogens with zero attached hydrogens (tertiary/aromatic N) is 3. The molecule has 0 fully saturated rings. The molecular formula is C25H26N4O6S2. The molecule has 1 N–H and O–H groups in total. The number of hydrogen-bond donors (Lipinski definition) is 1. The molecule has 2 aromatic carbocycles. The van der Waals surface area contributed by atoms with Crippen LogP contribution in [0.25, 0.3) is 6.08 Å². The standard InChI is InChI=1S/C25H26N4O6S2/c1-16(2)15-37(31,32)25-28-36-24-27-23(30)19(22(26)29(24)25)13-17-9-10-20(21(14-17)33-3)35-12-11-34-18-7-5-4-6-8-18/h4-10,13-14,16,26H,11-12,15H2,1-3H3/b19-13-,26-22?. The molecule has 0 atom stereocenters. The summed E-state index contributed by atoms with van der Waals surface area (Å²) < 4.78 is 46.5. The van der Waals surface area contributed by atoms with E-state index in [1.165, 1.54) is 13.2 Å². The fourth-order valence-electron chi connectivity index (χ4n) is 3.60. The lowest BCUT2D eigenvalue weighted by atomic mass is 10.1. The number of para-hydroxylation sites is 1. The molecular weight excluding hydrogens is 516 g/mol. The van der Waals surface area contributed by atoms with Crippen molar-refractivity contribution in [1.82, 2.24) is 4.90 Å². The number of benzene rings is 2. The van der Waals surface area contributed by atoms with Gasteiger partial charge < -0.3 is 14.2 Å². The predicted molar refractivity (Wildman–Crippen MR) is 144 cm³/mol. The van der Waals surface area contributed by atoms with E-state index in [9.17, 15) is 13.2 Å². The summed E-state index contributed by atoms with van der Waals surface area (Å²) in [5.74, 6) is 0.427. The van der Waals surface area contributed by atoms with E-state index in [0.717, 1.165) is 22.6 Å². The van der Waals surface area contributed by atoms with Crippen LogP contribution in [-0.2, 0) is 14.6 Å². The van der Waals surface area contributed by atoms with Crippen LogP contribution >= 0.6 is 11.9 Å². The second kappa shape index (κ2) is 11.2. The topological polar surface area (TPSA) is 131 Å². The zero-order valence-electron chi connectivity index (χ0n) is 20.5. The zero-order chi connectivity index (χ0) is 26.6. The van der Waals surface area contributed by atoms with Crippen LogP contribution < -0.4 is 14.2 Å². The van der Waals surface area contributed by atoms with E-state index in [-0.39, 0.29) is 40.0 Å². The molecule has 10 nitrogen and oxygen atoms in total. The first kappa shape index (κ1) is 26.4. The second-order valence-electron chi connectivity index (χ2n) is 8.50. The molecule has 4 rings (SSSR count). The third-order valence-electron chi connectivity index (χ3n) is 5.18. The van der Waals surface area contributed by atoms with Gasteiger partial charge in [0, 0.05) is 0 Å². The molecule has 0 aromatic heterocycles. The Balaban J connectivity index is 1.50. The van der Waals surface area contributed by atoms with E-state index in [1.54, 1.807) is 32.0 Å². The summed E-state index contributed by atoms with van der Waals surface area (Å²) in [4.78, 5) is 17.8. The van der Waals surface area contributed by atoms with Crippen molar-refractivity contribution in [2.24, 2.45) is 15.3 Å². The van der Waals surface area contributed by atoms with E-state index in [1.807, 2.05) is 30.3 Å². The van der Waals surface area contributed by atoms with Gasteiger partial charge in [-0.05, 0) is 41.8 Å². The van der Waals surface area contributed by atoms with Crippen LogP contribution in [-0.4, -0.2) is 61.5 Å². The van der Waals surface area contributed by atoms with Gasteiger partial charge >= 0.3 is 0 Å². The maximum absolute atomic E-state index is 12.8. The lowest BCUT2D eigenvalue weighted by molar-refractivity contribution is -0.114. The number of fused-ring (bicyclic) bond motifs is 1. The van der Waals surface area contributed by atoms with Crippen molar-refractivity contribution in [2.75, 3.05) is 26.1 Å². The Kier molecular flexibility index (Phi) is 7.98. The first-order valence-electron chi connectivity index (χ1n) is 11.4. The van der Waals surface area contributed by atoms with Crippen molar-refractivity contribution in [1.29, 1.82) is 5.41 Å². The number of carbonyl (C=O) groups is 1. The minimum atomic E-state index is -3.77. The van der Waals surface area contributed by atoms with Crippen LogP contribution in [0.3, 0.4) is 0 Å². The Morgan fingerprint density at radius 1 is 1.08 bits per heavy atom. The van der Waals surface area contributed by atoms with Gasteiger partial charge in [-0.2, -0.15) is 9.39 Å². The highest BCUT2D eigenvalue weighted by molar-refractivity contribution is 8.16. The summed E-state index contributed by atoms with van der Waals surface area (Å²) in [7, 11) is -2.28. The number of amidine groups is 3. The zero-order valence-corrected chi connectivity index (χ0v) is 22.1. The van der Waals surface area contributed by atoms with Crippen molar-refractivity contribution >= 4 is 49.9 Å². The van der Waals surface area contributed by atoms with E-state index >= 15 is 0 Å². The Hall–Kier alpha value is -3.64. The fourth-order valence-corrected chi connectivity index (χ4v) is 6.33. The SMILES string of the molecule is COc1cc(/C=C2/C(=N)N3C(=NC2=O)SN=C3S(=O)(=O)CC(C)C)ccc1OCCOc1ccccc1. The van der Waals surface area contributed by atoms with E-state index in [0.29, 0.717) is 23.7 Å². The molecule has 37 heavy (non-hydrogen) atoms. The van der Waals surface area contributed by atoms with Crippen LogP contribution in [0.15, 0.2) is 63.5 Å². The van der Waals surface area contributed by atoms with Crippen LogP contribution in [0.2, 0.25) is 0 Å². The van der Waals surface area contributed by atoms with E-state index in [2.05, 4.69) is 9.39 Å². The van der Waals surface area contributed by atoms with Gasteiger partial charge in [0.15, 0.2) is 11.5 Å². The Morgan fingerprint density at radius 2 is 1.81 bits per heavy atom. The quantitative estimate of drug-likeness (QED) is 0.288. The maximum atomic E-state index is 12.8. The highest BCUT2D eigenvalue weighted by atomic mass is 32.2. The third kappa shape index (κ3) is 6.03. The number of nitrogens with one attached hydrogen (secondary N) is 1. The molecule has 1 amide bonds. The van der Waals surface area contributed by atoms with Crippen molar-refractivity contribution in [3.8, 4) is 17.2 Å². The number of ether oxygens (including phenoxy) is 3. The molecule has 0 spiro atoms. The average molecular weight is 543 g/mol. The van der Waals surface area contributed by atoms with Crippen LogP contribution in [0.5, 0.6) is 17.2 Å². The summed E-state index contributed by atoms with van der Waals surface area (Å²) in [6.45, 7) is 4.18. The molecule has 2 aromatic rings. The summed E-state index contributed by atoms with van der Waals surface area (Å²) in [6, 6.07) is 14.4. The predicted octanol–water partition coefficient (Wildman–Crippen LogP) is 3.80. The van der Waals surface area contributed by atoms with Crippen LogP contribution in [0.1, 0.15) is 19.4 Å². The molecule has 0 radical (unpaired) electrons. The summed E-state index contributed by atoms with van der Waals surface area (Å²) in [5.41, 5.74) is 0.484. The van der Waals surface area contributed by atoms with Crippen molar-refractivity contribution in [3.05, 3.63) is 59.7 Å². The van der Waals surface area contributed by atoms with Crippen LogP contribution in [0.4, 0.5) is 0 Å². The normalized spacial score (nSPS) is 16.5. The number of methoxy groups -OCH3 is 1. The first-order valence-corrected chi connectivity index (χ1v) is 13.8. The molecule has 194 valence electrons. The third-order valence-corrected chi connectivity index (χ3v) is 7.93. The maximum Gasteiger partial charge on any atom is 0.283 e. The number of carbonyl (C=O) groups excluding carboxylic acids is 1. The Labute approximate surface area is 219 Å².